The number of carbonyl (C=O) groups is 2. The molecule has 1 unspecified atom stereocenters. The fourth-order valence-electron chi connectivity index (χ4n) is 2.03. The maximum absolute atomic E-state index is 11.8. The number of amides is 1. The fraction of sp³-hybridized carbons (Fsp3) is 0.833. The first kappa shape index (κ1) is 13.0. The van der Waals surface area contributed by atoms with Crippen LogP contribution in [-0.2, 0) is 14.3 Å². The molecule has 0 spiro atoms. The summed E-state index contributed by atoms with van der Waals surface area (Å²) in [7, 11) is 1.40. The molecule has 1 fully saturated rings. The monoisotopic (exact) mass is 227 g/mol. The van der Waals surface area contributed by atoms with E-state index in [0.29, 0.717) is 19.5 Å². The Balaban J connectivity index is 2.29. The molecule has 4 heteroatoms. The van der Waals surface area contributed by atoms with E-state index in [-0.39, 0.29) is 17.8 Å². The third kappa shape index (κ3) is 3.51. The Morgan fingerprint density at radius 1 is 1.38 bits per heavy atom. The molecule has 0 radical (unpaired) electrons. The zero-order chi connectivity index (χ0) is 12.0. The third-order valence-corrected chi connectivity index (χ3v) is 3.07. The number of ether oxygens (including phenoxy) is 1. The number of hydrogen-bond acceptors (Lipinski definition) is 3. The van der Waals surface area contributed by atoms with E-state index in [2.05, 4.69) is 11.7 Å². The van der Waals surface area contributed by atoms with Crippen molar-refractivity contribution in [2.75, 3.05) is 20.2 Å². The SMILES string of the molecule is CCCCCC(=O)N1CCC(C(=O)OC)C1. The van der Waals surface area contributed by atoms with Crippen LogP contribution in [0.5, 0.6) is 0 Å². The molecule has 92 valence electrons. The third-order valence-electron chi connectivity index (χ3n) is 3.07. The van der Waals surface area contributed by atoms with E-state index in [0.717, 1.165) is 25.7 Å². The molecule has 0 N–H and O–H groups in total. The van der Waals surface area contributed by atoms with Crippen LogP contribution in [0.25, 0.3) is 0 Å². The van der Waals surface area contributed by atoms with Crippen molar-refractivity contribution in [3.05, 3.63) is 0 Å². The molecule has 4 nitrogen and oxygen atoms in total. The van der Waals surface area contributed by atoms with Gasteiger partial charge in [0.2, 0.25) is 5.91 Å². The highest BCUT2D eigenvalue weighted by atomic mass is 16.5. The molecule has 1 amide bonds. The predicted molar refractivity (Wildman–Crippen MR) is 60.8 cm³/mol. The van der Waals surface area contributed by atoms with Gasteiger partial charge in [-0.1, -0.05) is 19.8 Å². The van der Waals surface area contributed by atoms with E-state index in [9.17, 15) is 9.59 Å². The lowest BCUT2D eigenvalue weighted by Gasteiger charge is -2.15. The van der Waals surface area contributed by atoms with Crippen LogP contribution in [0.2, 0.25) is 0 Å². The minimum Gasteiger partial charge on any atom is -0.469 e. The largest absolute Gasteiger partial charge is 0.469 e. The maximum atomic E-state index is 11.8. The molecule has 0 bridgehead atoms. The van der Waals surface area contributed by atoms with Gasteiger partial charge in [0.05, 0.1) is 13.0 Å². The molecule has 1 atom stereocenters. The van der Waals surface area contributed by atoms with E-state index in [4.69, 9.17) is 0 Å². The first-order valence-corrected chi connectivity index (χ1v) is 6.04. The Morgan fingerprint density at radius 2 is 2.12 bits per heavy atom. The predicted octanol–water partition coefficient (Wildman–Crippen LogP) is 1.59. The number of nitrogens with zero attached hydrogens (tertiary/aromatic N) is 1. The van der Waals surface area contributed by atoms with E-state index in [1.54, 1.807) is 4.90 Å². The Labute approximate surface area is 96.9 Å². The summed E-state index contributed by atoms with van der Waals surface area (Å²) in [6.07, 6.45) is 4.53. The van der Waals surface area contributed by atoms with Gasteiger partial charge in [-0.2, -0.15) is 0 Å². The smallest absolute Gasteiger partial charge is 0.310 e. The zero-order valence-electron chi connectivity index (χ0n) is 10.2. The quantitative estimate of drug-likeness (QED) is 0.529. The van der Waals surface area contributed by atoms with E-state index in [1.807, 2.05) is 0 Å². The number of carbonyl (C=O) groups excluding carboxylic acids is 2. The summed E-state index contributed by atoms with van der Waals surface area (Å²) in [6.45, 7) is 3.36. The minimum absolute atomic E-state index is 0.111. The van der Waals surface area contributed by atoms with Crippen molar-refractivity contribution in [3.63, 3.8) is 0 Å². The van der Waals surface area contributed by atoms with Gasteiger partial charge in [-0.15, -0.1) is 0 Å². The summed E-state index contributed by atoms with van der Waals surface area (Å²) in [4.78, 5) is 24.8. The minimum atomic E-state index is -0.191. The van der Waals surface area contributed by atoms with Crippen molar-refractivity contribution in [1.82, 2.24) is 4.90 Å². The van der Waals surface area contributed by atoms with Gasteiger partial charge in [-0.25, -0.2) is 0 Å². The first-order chi connectivity index (χ1) is 7.69. The Kier molecular flexibility index (Phi) is 5.29. The van der Waals surface area contributed by atoms with Gasteiger partial charge in [0.1, 0.15) is 0 Å². The van der Waals surface area contributed by atoms with Crippen molar-refractivity contribution in [2.24, 2.45) is 5.92 Å². The molecular formula is C12H21NO3. The van der Waals surface area contributed by atoms with E-state index < -0.39 is 0 Å². The molecule has 0 aliphatic carbocycles. The lowest BCUT2D eigenvalue weighted by molar-refractivity contribution is -0.145. The molecule has 0 saturated carbocycles. The number of likely N-dealkylation sites (tertiary alicyclic amines) is 1. The normalized spacial score (nSPS) is 19.9. The van der Waals surface area contributed by atoms with Gasteiger partial charge in [0, 0.05) is 19.5 Å². The summed E-state index contributed by atoms with van der Waals surface area (Å²) in [5.41, 5.74) is 0. The van der Waals surface area contributed by atoms with Crippen LogP contribution < -0.4 is 0 Å². The van der Waals surface area contributed by atoms with Crippen molar-refractivity contribution in [3.8, 4) is 0 Å². The Morgan fingerprint density at radius 3 is 2.75 bits per heavy atom. The lowest BCUT2D eigenvalue weighted by atomic mass is 10.1. The number of rotatable bonds is 5. The molecular weight excluding hydrogens is 206 g/mol. The van der Waals surface area contributed by atoms with Crippen molar-refractivity contribution < 1.29 is 14.3 Å². The summed E-state index contributed by atoms with van der Waals surface area (Å²) < 4.78 is 4.68. The van der Waals surface area contributed by atoms with Crippen LogP contribution in [0.15, 0.2) is 0 Å². The van der Waals surface area contributed by atoms with Gasteiger partial charge < -0.3 is 9.64 Å². The van der Waals surface area contributed by atoms with Crippen molar-refractivity contribution >= 4 is 11.9 Å². The maximum Gasteiger partial charge on any atom is 0.310 e. The summed E-state index contributed by atoms with van der Waals surface area (Å²) in [5.74, 6) is -0.121. The summed E-state index contributed by atoms with van der Waals surface area (Å²) in [5, 5.41) is 0. The highest BCUT2D eigenvalue weighted by Crippen LogP contribution is 2.18. The Bertz CT molecular complexity index is 253. The summed E-state index contributed by atoms with van der Waals surface area (Å²) in [6, 6.07) is 0. The average Bonchev–Trinajstić information content (AvgIpc) is 2.77. The number of esters is 1. The van der Waals surface area contributed by atoms with Gasteiger partial charge in [0.25, 0.3) is 0 Å². The molecule has 0 aromatic heterocycles. The highest BCUT2D eigenvalue weighted by molar-refractivity contribution is 5.79. The zero-order valence-corrected chi connectivity index (χ0v) is 10.2. The average molecular weight is 227 g/mol. The summed E-state index contributed by atoms with van der Waals surface area (Å²) >= 11 is 0. The fourth-order valence-corrected chi connectivity index (χ4v) is 2.03. The van der Waals surface area contributed by atoms with Gasteiger partial charge >= 0.3 is 5.97 Å². The van der Waals surface area contributed by atoms with E-state index >= 15 is 0 Å². The number of hydrogen-bond donors (Lipinski definition) is 0. The van der Waals surface area contributed by atoms with Crippen LogP contribution >= 0.6 is 0 Å². The molecule has 1 aliphatic heterocycles. The lowest BCUT2D eigenvalue weighted by Crippen LogP contribution is -2.29. The molecule has 0 aromatic rings. The van der Waals surface area contributed by atoms with Crippen LogP contribution in [0, 0.1) is 5.92 Å². The molecule has 1 heterocycles. The standard InChI is InChI=1S/C12H21NO3/c1-3-4-5-6-11(14)13-8-7-10(9-13)12(15)16-2/h10H,3-9H2,1-2H3. The second-order valence-corrected chi connectivity index (χ2v) is 4.31. The van der Waals surface area contributed by atoms with Crippen LogP contribution in [0.3, 0.4) is 0 Å². The first-order valence-electron chi connectivity index (χ1n) is 6.04. The molecule has 1 aliphatic rings. The number of methoxy groups -OCH3 is 1. The topological polar surface area (TPSA) is 46.6 Å². The van der Waals surface area contributed by atoms with Crippen molar-refractivity contribution in [1.29, 1.82) is 0 Å². The molecule has 1 saturated heterocycles. The van der Waals surface area contributed by atoms with Gasteiger partial charge in [0.15, 0.2) is 0 Å². The Hall–Kier alpha value is -1.06. The van der Waals surface area contributed by atoms with Crippen LogP contribution in [0.4, 0.5) is 0 Å². The highest BCUT2D eigenvalue weighted by Gasteiger charge is 2.31. The second-order valence-electron chi connectivity index (χ2n) is 4.31. The van der Waals surface area contributed by atoms with Gasteiger partial charge in [-0.3, -0.25) is 9.59 Å². The van der Waals surface area contributed by atoms with Crippen molar-refractivity contribution in [2.45, 2.75) is 39.0 Å². The van der Waals surface area contributed by atoms with Gasteiger partial charge in [-0.05, 0) is 12.8 Å². The second kappa shape index (κ2) is 6.51. The molecule has 0 aromatic carbocycles. The molecule has 1 rings (SSSR count). The molecule has 16 heavy (non-hydrogen) atoms. The van der Waals surface area contributed by atoms with Crippen LogP contribution in [-0.4, -0.2) is 37.0 Å². The van der Waals surface area contributed by atoms with E-state index in [1.165, 1.54) is 7.11 Å². The number of unbranched alkanes of at least 4 members (excludes halogenated alkanes) is 2. The van der Waals surface area contributed by atoms with Crippen LogP contribution in [0.1, 0.15) is 39.0 Å².